The van der Waals surface area contributed by atoms with Gasteiger partial charge in [-0.15, -0.1) is 0 Å². The Bertz CT molecular complexity index is 422. The average molecular weight is 208 g/mol. The predicted octanol–water partition coefficient (Wildman–Crippen LogP) is 0.287. The minimum atomic E-state index is -0.615. The molecule has 0 atom stereocenters. The van der Waals surface area contributed by atoms with E-state index < -0.39 is 17.8 Å². The molecule has 15 heavy (non-hydrogen) atoms. The van der Waals surface area contributed by atoms with Crippen molar-refractivity contribution in [3.05, 3.63) is 29.8 Å². The van der Waals surface area contributed by atoms with Crippen LogP contribution in [0.5, 0.6) is 0 Å². The van der Waals surface area contributed by atoms with E-state index in [2.05, 4.69) is 10.3 Å². The van der Waals surface area contributed by atoms with Crippen LogP contribution in [0.4, 0.5) is 9.18 Å². The Hall–Kier alpha value is -1.98. The fraction of sp³-hybridized carbons (Fsp3) is 0.222. The van der Waals surface area contributed by atoms with Crippen LogP contribution in [0.25, 0.3) is 0 Å². The molecular weight excluding hydrogens is 201 g/mol. The molecule has 1 aliphatic rings. The number of urea groups is 1. The monoisotopic (exact) mass is 208 g/mol. The second kappa shape index (κ2) is 3.64. The normalized spacial score (nSPS) is 15.7. The van der Waals surface area contributed by atoms with E-state index >= 15 is 0 Å². The van der Waals surface area contributed by atoms with Gasteiger partial charge in [0, 0.05) is 11.8 Å². The molecule has 5 nitrogen and oxygen atoms in total. The Morgan fingerprint density at radius 2 is 2.27 bits per heavy atom. The van der Waals surface area contributed by atoms with E-state index in [0.29, 0.717) is 5.56 Å². The van der Waals surface area contributed by atoms with Gasteiger partial charge in [0.1, 0.15) is 12.4 Å². The molecule has 6 heteroatoms. The van der Waals surface area contributed by atoms with Gasteiger partial charge >= 0.3 is 6.03 Å². The van der Waals surface area contributed by atoms with E-state index in [1.54, 1.807) is 0 Å². The summed E-state index contributed by atoms with van der Waals surface area (Å²) >= 11 is 0. The molecule has 1 aliphatic heterocycles. The SMILES string of the molecule is O=C1CN(Cc2ccncc2F)C(=O)[N]1. The molecule has 0 N–H and O–H groups in total. The number of carbonyl (C=O) groups excluding carboxylic acids is 2. The highest BCUT2D eigenvalue weighted by Gasteiger charge is 2.29. The zero-order chi connectivity index (χ0) is 10.8. The number of nitrogens with zero attached hydrogens (tertiary/aromatic N) is 3. The van der Waals surface area contributed by atoms with Crippen molar-refractivity contribution in [2.24, 2.45) is 0 Å². The summed E-state index contributed by atoms with van der Waals surface area (Å²) in [4.78, 5) is 26.7. The fourth-order valence-corrected chi connectivity index (χ4v) is 1.31. The summed E-state index contributed by atoms with van der Waals surface area (Å²) in [5.74, 6) is -0.987. The first-order valence-corrected chi connectivity index (χ1v) is 4.28. The lowest BCUT2D eigenvalue weighted by molar-refractivity contribution is -0.118. The van der Waals surface area contributed by atoms with Gasteiger partial charge in [-0.1, -0.05) is 0 Å². The Kier molecular flexibility index (Phi) is 2.32. The van der Waals surface area contributed by atoms with Gasteiger partial charge in [-0.25, -0.2) is 9.18 Å². The van der Waals surface area contributed by atoms with Crippen LogP contribution in [0.15, 0.2) is 18.5 Å². The van der Waals surface area contributed by atoms with E-state index in [-0.39, 0.29) is 13.1 Å². The molecule has 1 aromatic rings. The molecule has 2 heterocycles. The van der Waals surface area contributed by atoms with Crippen LogP contribution >= 0.6 is 0 Å². The standard InChI is InChI=1S/C9H7FN3O2/c10-7-3-11-2-1-6(7)4-13-5-8(14)12-9(13)15/h1-3H,4-5H2. The van der Waals surface area contributed by atoms with Gasteiger partial charge in [0.25, 0.3) is 5.91 Å². The number of pyridine rings is 1. The molecule has 1 saturated heterocycles. The van der Waals surface area contributed by atoms with Crippen LogP contribution in [0.1, 0.15) is 5.56 Å². The number of aromatic nitrogens is 1. The molecule has 1 fully saturated rings. The second-order valence-electron chi connectivity index (χ2n) is 3.11. The van der Waals surface area contributed by atoms with Crippen molar-refractivity contribution >= 4 is 11.9 Å². The first-order chi connectivity index (χ1) is 7.16. The van der Waals surface area contributed by atoms with Crippen molar-refractivity contribution < 1.29 is 14.0 Å². The van der Waals surface area contributed by atoms with Crippen LogP contribution < -0.4 is 5.32 Å². The van der Waals surface area contributed by atoms with Gasteiger partial charge in [0.2, 0.25) is 0 Å². The molecule has 0 spiro atoms. The maximum Gasteiger partial charge on any atom is 0.347 e. The van der Waals surface area contributed by atoms with E-state index in [1.807, 2.05) is 0 Å². The number of hydrogen-bond acceptors (Lipinski definition) is 3. The van der Waals surface area contributed by atoms with E-state index in [9.17, 15) is 14.0 Å². The zero-order valence-electron chi connectivity index (χ0n) is 7.68. The molecule has 3 amide bonds. The fourth-order valence-electron chi connectivity index (χ4n) is 1.31. The Balaban J connectivity index is 2.13. The molecule has 1 aromatic heterocycles. The number of amides is 3. The van der Waals surface area contributed by atoms with Gasteiger partial charge in [-0.05, 0) is 6.07 Å². The van der Waals surface area contributed by atoms with Gasteiger partial charge in [-0.3, -0.25) is 9.78 Å². The highest BCUT2D eigenvalue weighted by Crippen LogP contribution is 2.11. The minimum Gasteiger partial charge on any atom is -0.309 e. The van der Waals surface area contributed by atoms with Crippen molar-refractivity contribution in [3.8, 4) is 0 Å². The summed E-state index contributed by atoms with van der Waals surface area (Å²) in [6, 6.07) is 0.849. The number of rotatable bonds is 2. The third kappa shape index (κ3) is 1.93. The van der Waals surface area contributed by atoms with Gasteiger partial charge < -0.3 is 4.90 Å². The molecule has 0 aliphatic carbocycles. The quantitative estimate of drug-likeness (QED) is 0.656. The number of carbonyl (C=O) groups is 2. The smallest absolute Gasteiger partial charge is 0.309 e. The highest BCUT2D eigenvalue weighted by atomic mass is 19.1. The topological polar surface area (TPSA) is 64.4 Å². The molecule has 0 saturated carbocycles. The molecule has 1 radical (unpaired) electrons. The minimum absolute atomic E-state index is 0.0441. The van der Waals surface area contributed by atoms with Crippen LogP contribution in [-0.2, 0) is 11.3 Å². The molecule has 0 unspecified atom stereocenters. The van der Waals surface area contributed by atoms with Gasteiger partial charge in [0.15, 0.2) is 0 Å². The first kappa shape index (κ1) is 9.57. The van der Waals surface area contributed by atoms with Crippen molar-refractivity contribution in [1.29, 1.82) is 0 Å². The molecule has 0 bridgehead atoms. The second-order valence-corrected chi connectivity index (χ2v) is 3.11. The predicted molar refractivity (Wildman–Crippen MR) is 47.1 cm³/mol. The first-order valence-electron chi connectivity index (χ1n) is 4.28. The maximum absolute atomic E-state index is 13.2. The largest absolute Gasteiger partial charge is 0.347 e. The summed E-state index contributed by atoms with van der Waals surface area (Å²) < 4.78 is 13.2. The molecular formula is C9H7FN3O2. The summed E-state index contributed by atoms with van der Waals surface area (Å²) in [5.41, 5.74) is 0.322. The summed E-state index contributed by atoms with van der Waals surface area (Å²) in [5, 5.41) is 3.21. The number of hydrogen-bond donors (Lipinski definition) is 0. The van der Waals surface area contributed by atoms with E-state index in [1.165, 1.54) is 17.2 Å². The summed E-state index contributed by atoms with van der Waals surface area (Å²) in [6.45, 7) is -0.0387. The van der Waals surface area contributed by atoms with Crippen LogP contribution in [0.2, 0.25) is 0 Å². The molecule has 0 aromatic carbocycles. The van der Waals surface area contributed by atoms with Crippen LogP contribution in [0.3, 0.4) is 0 Å². The summed E-state index contributed by atoms with van der Waals surface area (Å²) in [6.07, 6.45) is 2.49. The Morgan fingerprint density at radius 3 is 2.87 bits per heavy atom. The molecule has 2 rings (SSSR count). The van der Waals surface area contributed by atoms with Crippen molar-refractivity contribution in [1.82, 2.24) is 15.2 Å². The third-order valence-corrected chi connectivity index (χ3v) is 2.03. The lowest BCUT2D eigenvalue weighted by atomic mass is 10.2. The lowest BCUT2D eigenvalue weighted by Gasteiger charge is -2.12. The highest BCUT2D eigenvalue weighted by molar-refractivity contribution is 6.01. The Labute approximate surface area is 84.9 Å². The number of halogens is 1. The van der Waals surface area contributed by atoms with Crippen molar-refractivity contribution in [2.75, 3.05) is 6.54 Å². The average Bonchev–Trinajstić information content (AvgIpc) is 2.49. The van der Waals surface area contributed by atoms with E-state index in [0.717, 1.165) is 6.20 Å². The van der Waals surface area contributed by atoms with Crippen LogP contribution in [-0.4, -0.2) is 28.4 Å². The zero-order valence-corrected chi connectivity index (χ0v) is 7.68. The van der Waals surface area contributed by atoms with Crippen molar-refractivity contribution in [3.63, 3.8) is 0 Å². The van der Waals surface area contributed by atoms with Gasteiger partial charge in [0.05, 0.1) is 12.7 Å². The van der Waals surface area contributed by atoms with E-state index in [4.69, 9.17) is 0 Å². The number of imide groups is 1. The maximum atomic E-state index is 13.2. The van der Waals surface area contributed by atoms with Crippen molar-refractivity contribution in [2.45, 2.75) is 6.54 Å². The Morgan fingerprint density at radius 1 is 1.47 bits per heavy atom. The van der Waals surface area contributed by atoms with Crippen LogP contribution in [0, 0.1) is 5.82 Å². The summed E-state index contributed by atoms with van der Waals surface area (Å²) in [7, 11) is 0. The van der Waals surface area contributed by atoms with Gasteiger partial charge in [-0.2, -0.15) is 5.32 Å². The third-order valence-electron chi connectivity index (χ3n) is 2.03. The lowest BCUT2D eigenvalue weighted by Crippen LogP contribution is -2.25. The molecule has 77 valence electrons.